The van der Waals surface area contributed by atoms with Crippen LogP contribution in [0, 0.1) is 27.7 Å². The predicted molar refractivity (Wildman–Crippen MR) is 113 cm³/mol. The van der Waals surface area contributed by atoms with E-state index in [4.69, 9.17) is 18.0 Å². The van der Waals surface area contributed by atoms with Crippen molar-refractivity contribution in [1.82, 2.24) is 9.88 Å². The van der Waals surface area contributed by atoms with E-state index in [1.165, 1.54) is 50.0 Å². The average Bonchev–Trinajstić information content (AvgIpc) is 3.04. The first-order valence-corrected chi connectivity index (χ1v) is 9.54. The number of aromatic nitrogens is 1. The first kappa shape index (κ1) is 17.1. The van der Waals surface area contributed by atoms with Gasteiger partial charge in [-0.1, -0.05) is 30.3 Å². The summed E-state index contributed by atoms with van der Waals surface area (Å²) in [5.74, 6) is 0. The van der Waals surface area contributed by atoms with Gasteiger partial charge in [0.15, 0.2) is 5.11 Å². The molecule has 1 aliphatic rings. The molecule has 2 heterocycles. The van der Waals surface area contributed by atoms with Crippen LogP contribution >= 0.6 is 12.2 Å². The summed E-state index contributed by atoms with van der Waals surface area (Å²) in [5.41, 5.74) is 16.7. The smallest absolute Gasteiger partial charge is 0.167 e. The molecule has 0 spiro atoms. The van der Waals surface area contributed by atoms with E-state index >= 15 is 0 Å². The number of benzene rings is 2. The fraction of sp³-hybridized carbons (Fsp3) is 0.318. The van der Waals surface area contributed by atoms with Gasteiger partial charge in [-0.3, -0.25) is 0 Å². The molecule has 3 nitrogen and oxygen atoms in total. The van der Waals surface area contributed by atoms with Gasteiger partial charge < -0.3 is 15.6 Å². The Bertz CT molecular complexity index is 1020. The Morgan fingerprint density at radius 3 is 2.35 bits per heavy atom. The topological polar surface area (TPSA) is 45.0 Å². The third-order valence-electron chi connectivity index (χ3n) is 6.16. The number of nitrogens with zero attached hydrogens (tertiary/aromatic N) is 1. The summed E-state index contributed by atoms with van der Waals surface area (Å²) in [6, 6.07) is 10.6. The monoisotopic (exact) mass is 363 g/mol. The fourth-order valence-electron chi connectivity index (χ4n) is 4.42. The van der Waals surface area contributed by atoms with E-state index in [0.717, 1.165) is 13.0 Å². The van der Waals surface area contributed by atoms with Gasteiger partial charge in [0.1, 0.15) is 0 Å². The maximum absolute atomic E-state index is 6.10. The van der Waals surface area contributed by atoms with Crippen LogP contribution < -0.4 is 5.73 Å². The number of rotatable bonds is 1. The van der Waals surface area contributed by atoms with Crippen molar-refractivity contribution in [2.75, 3.05) is 6.54 Å². The van der Waals surface area contributed by atoms with Crippen LogP contribution in [0.5, 0.6) is 0 Å². The van der Waals surface area contributed by atoms with Crippen molar-refractivity contribution in [3.05, 3.63) is 69.4 Å². The van der Waals surface area contributed by atoms with E-state index in [-0.39, 0.29) is 6.04 Å². The Morgan fingerprint density at radius 1 is 1.04 bits per heavy atom. The minimum absolute atomic E-state index is 0.0456. The van der Waals surface area contributed by atoms with E-state index in [2.05, 4.69) is 61.8 Å². The van der Waals surface area contributed by atoms with Gasteiger partial charge in [-0.05, 0) is 79.7 Å². The lowest BCUT2D eigenvalue weighted by Crippen LogP contribution is -2.43. The molecule has 4 heteroatoms. The number of hydrogen-bond donors (Lipinski definition) is 2. The molecule has 0 saturated carbocycles. The largest absolute Gasteiger partial charge is 0.376 e. The summed E-state index contributed by atoms with van der Waals surface area (Å²) >= 11 is 5.39. The highest BCUT2D eigenvalue weighted by Crippen LogP contribution is 2.41. The molecule has 0 bridgehead atoms. The van der Waals surface area contributed by atoms with Gasteiger partial charge in [0.2, 0.25) is 0 Å². The van der Waals surface area contributed by atoms with Gasteiger partial charge >= 0.3 is 0 Å². The molecular formula is C22H25N3S. The Kier molecular flexibility index (Phi) is 4.03. The van der Waals surface area contributed by atoms with Crippen LogP contribution in [-0.2, 0) is 6.42 Å². The molecule has 0 aliphatic carbocycles. The molecule has 0 saturated heterocycles. The SMILES string of the molecule is Cc1c(C)c(C)c2c3c([nH]c2c1C)C(c1ccccc1)N(C(N)=S)CC3. The van der Waals surface area contributed by atoms with Crippen LogP contribution in [0.25, 0.3) is 10.9 Å². The fourth-order valence-corrected chi connectivity index (χ4v) is 4.62. The molecule has 1 aromatic heterocycles. The summed E-state index contributed by atoms with van der Waals surface area (Å²) in [6.45, 7) is 9.76. The normalized spacial score (nSPS) is 16.8. The number of thiocarbonyl (C=S) groups is 1. The summed E-state index contributed by atoms with van der Waals surface area (Å²) in [4.78, 5) is 5.92. The number of aryl methyl sites for hydroxylation is 2. The average molecular weight is 364 g/mol. The molecule has 1 atom stereocenters. The second-order valence-corrected chi connectivity index (χ2v) is 7.78. The maximum Gasteiger partial charge on any atom is 0.167 e. The summed E-state index contributed by atoms with van der Waals surface area (Å²) < 4.78 is 0. The second kappa shape index (κ2) is 6.13. The standard InChI is InChI=1S/C22H25N3S/c1-12-13(2)15(4)19-18(14(12)3)17-10-11-25(22(23)26)21(20(17)24-19)16-8-6-5-7-9-16/h5-9,21,24H,10-11H2,1-4H3,(H2,23,26). The molecular weight excluding hydrogens is 338 g/mol. The predicted octanol–water partition coefficient (Wildman–Crippen LogP) is 4.59. The molecule has 134 valence electrons. The van der Waals surface area contributed by atoms with E-state index in [1.807, 2.05) is 6.07 Å². The maximum atomic E-state index is 6.10. The van der Waals surface area contributed by atoms with Gasteiger partial charge in [-0.2, -0.15) is 0 Å². The third kappa shape index (κ3) is 2.36. The van der Waals surface area contributed by atoms with Gasteiger partial charge in [0.25, 0.3) is 0 Å². The molecule has 1 unspecified atom stereocenters. The molecule has 3 N–H and O–H groups in total. The zero-order valence-electron chi connectivity index (χ0n) is 15.8. The highest BCUT2D eigenvalue weighted by atomic mass is 32.1. The van der Waals surface area contributed by atoms with Crippen molar-refractivity contribution in [3.8, 4) is 0 Å². The van der Waals surface area contributed by atoms with Crippen LogP contribution in [-0.4, -0.2) is 21.5 Å². The van der Waals surface area contributed by atoms with E-state index in [9.17, 15) is 0 Å². The molecule has 3 aromatic rings. The van der Waals surface area contributed by atoms with Crippen molar-refractivity contribution < 1.29 is 0 Å². The summed E-state index contributed by atoms with van der Waals surface area (Å²) in [7, 11) is 0. The van der Waals surface area contributed by atoms with E-state index in [0.29, 0.717) is 5.11 Å². The lowest BCUT2D eigenvalue weighted by molar-refractivity contribution is 0.337. The third-order valence-corrected chi connectivity index (χ3v) is 6.39. The minimum atomic E-state index is 0.0456. The van der Waals surface area contributed by atoms with Crippen molar-refractivity contribution in [1.29, 1.82) is 0 Å². The Labute approximate surface area is 160 Å². The molecule has 0 amide bonds. The molecule has 2 aromatic carbocycles. The van der Waals surface area contributed by atoms with Crippen LogP contribution in [0.1, 0.15) is 45.1 Å². The van der Waals surface area contributed by atoms with Gasteiger partial charge in [-0.15, -0.1) is 0 Å². The van der Waals surface area contributed by atoms with Crippen molar-refractivity contribution in [2.24, 2.45) is 5.73 Å². The van der Waals surface area contributed by atoms with Crippen molar-refractivity contribution in [2.45, 2.75) is 40.2 Å². The number of nitrogens with one attached hydrogen (secondary N) is 1. The minimum Gasteiger partial charge on any atom is -0.376 e. The Hall–Kier alpha value is -2.33. The van der Waals surface area contributed by atoms with Gasteiger partial charge in [-0.25, -0.2) is 0 Å². The number of hydrogen-bond acceptors (Lipinski definition) is 1. The highest BCUT2D eigenvalue weighted by Gasteiger charge is 2.33. The van der Waals surface area contributed by atoms with Crippen LogP contribution in [0.3, 0.4) is 0 Å². The molecule has 1 aliphatic heterocycles. The van der Waals surface area contributed by atoms with Crippen molar-refractivity contribution >= 4 is 28.2 Å². The lowest BCUT2D eigenvalue weighted by Gasteiger charge is -2.36. The highest BCUT2D eigenvalue weighted by molar-refractivity contribution is 7.80. The van der Waals surface area contributed by atoms with Crippen molar-refractivity contribution in [3.63, 3.8) is 0 Å². The number of fused-ring (bicyclic) bond motifs is 3. The molecule has 0 radical (unpaired) electrons. The quantitative estimate of drug-likeness (QED) is 0.622. The molecule has 4 rings (SSSR count). The van der Waals surface area contributed by atoms with Gasteiger partial charge in [0.05, 0.1) is 6.04 Å². The van der Waals surface area contributed by atoms with E-state index < -0.39 is 0 Å². The Morgan fingerprint density at radius 2 is 1.69 bits per heavy atom. The summed E-state index contributed by atoms with van der Waals surface area (Å²) in [5, 5.41) is 1.85. The number of nitrogens with two attached hydrogens (primary N) is 1. The number of aromatic amines is 1. The van der Waals surface area contributed by atoms with Crippen LogP contribution in [0.4, 0.5) is 0 Å². The van der Waals surface area contributed by atoms with E-state index in [1.54, 1.807) is 0 Å². The number of H-pyrrole nitrogens is 1. The Balaban J connectivity index is 2.04. The van der Waals surface area contributed by atoms with Crippen LogP contribution in [0.2, 0.25) is 0 Å². The van der Waals surface area contributed by atoms with Crippen LogP contribution in [0.15, 0.2) is 30.3 Å². The summed E-state index contributed by atoms with van der Waals surface area (Å²) in [6.07, 6.45) is 0.957. The van der Waals surface area contributed by atoms with Gasteiger partial charge in [0, 0.05) is 23.1 Å². The zero-order chi connectivity index (χ0) is 18.6. The zero-order valence-corrected chi connectivity index (χ0v) is 16.6. The second-order valence-electron chi connectivity index (χ2n) is 7.36. The first-order chi connectivity index (χ1) is 12.4. The molecule has 0 fully saturated rings. The first-order valence-electron chi connectivity index (χ1n) is 9.13. The molecule has 26 heavy (non-hydrogen) atoms. The lowest BCUT2D eigenvalue weighted by atomic mass is 9.89.